The van der Waals surface area contributed by atoms with Crippen molar-refractivity contribution in [2.45, 2.75) is 19.8 Å². The van der Waals surface area contributed by atoms with Crippen molar-refractivity contribution in [2.75, 3.05) is 5.32 Å². The number of fused-ring (bicyclic) bond motifs is 1. The molecular formula is C19H20N4OS. The van der Waals surface area contributed by atoms with E-state index in [9.17, 15) is 4.79 Å². The van der Waals surface area contributed by atoms with Gasteiger partial charge < -0.3 is 10.3 Å². The largest absolute Gasteiger partial charge is 0.350 e. The zero-order chi connectivity index (χ0) is 17.8. The molecule has 0 fully saturated rings. The van der Waals surface area contributed by atoms with E-state index in [0.717, 1.165) is 16.6 Å². The minimum Gasteiger partial charge on any atom is -0.350 e. The van der Waals surface area contributed by atoms with Gasteiger partial charge in [-0.15, -0.1) is 0 Å². The second-order valence-corrected chi connectivity index (χ2v) is 6.49. The quantitative estimate of drug-likeness (QED) is 0.426. The molecule has 1 amide bonds. The van der Waals surface area contributed by atoms with E-state index in [2.05, 4.69) is 47.1 Å². The minimum atomic E-state index is -0.282. The van der Waals surface area contributed by atoms with Gasteiger partial charge in [0.25, 0.3) is 5.91 Å². The molecule has 0 spiro atoms. The molecule has 0 bridgehead atoms. The van der Waals surface area contributed by atoms with Crippen LogP contribution in [0.1, 0.15) is 35.8 Å². The van der Waals surface area contributed by atoms with Crippen molar-refractivity contribution in [1.29, 1.82) is 0 Å². The number of H-pyrrole nitrogens is 1. The van der Waals surface area contributed by atoms with Gasteiger partial charge in [0.05, 0.1) is 0 Å². The van der Waals surface area contributed by atoms with Crippen LogP contribution in [0.25, 0.3) is 10.9 Å². The molecule has 3 aromatic rings. The molecule has 1 aromatic heterocycles. The summed E-state index contributed by atoms with van der Waals surface area (Å²) in [6, 6.07) is 17.5. The Morgan fingerprint density at radius 3 is 2.44 bits per heavy atom. The van der Waals surface area contributed by atoms with Crippen molar-refractivity contribution in [1.82, 2.24) is 15.8 Å². The summed E-state index contributed by atoms with van der Waals surface area (Å²) in [5.74, 6) is 0.199. The van der Waals surface area contributed by atoms with Gasteiger partial charge in [-0.05, 0) is 48.0 Å². The predicted molar refractivity (Wildman–Crippen MR) is 106 cm³/mol. The first-order valence-corrected chi connectivity index (χ1v) is 8.49. The fourth-order valence-electron chi connectivity index (χ4n) is 2.49. The van der Waals surface area contributed by atoms with Crippen LogP contribution >= 0.6 is 12.2 Å². The standard InChI is InChI=1S/C19H20N4OS/c1-12(2)13-7-9-15(10-8-13)20-19(25)23-22-18(24)17-11-14-5-3-4-6-16(14)21-17/h3-12,21H,1-2H3,(H,22,24)(H2,20,23,25). The molecule has 25 heavy (non-hydrogen) atoms. The lowest BCUT2D eigenvalue weighted by atomic mass is 10.0. The number of aromatic amines is 1. The molecular weight excluding hydrogens is 332 g/mol. The van der Waals surface area contributed by atoms with Crippen molar-refractivity contribution >= 4 is 39.8 Å². The highest BCUT2D eigenvalue weighted by Crippen LogP contribution is 2.17. The number of carbonyl (C=O) groups excluding carboxylic acids is 1. The number of aromatic nitrogens is 1. The molecule has 4 N–H and O–H groups in total. The molecule has 0 radical (unpaired) electrons. The van der Waals surface area contributed by atoms with E-state index in [1.807, 2.05) is 36.4 Å². The van der Waals surface area contributed by atoms with E-state index in [-0.39, 0.29) is 5.91 Å². The number of nitrogens with one attached hydrogen (secondary N) is 4. The Bertz CT molecular complexity index is 866. The second kappa shape index (κ2) is 7.36. The summed E-state index contributed by atoms with van der Waals surface area (Å²) in [6.45, 7) is 4.29. The topological polar surface area (TPSA) is 68.9 Å². The van der Waals surface area contributed by atoms with Crippen LogP contribution in [-0.4, -0.2) is 16.0 Å². The summed E-state index contributed by atoms with van der Waals surface area (Å²) < 4.78 is 0. The Labute approximate surface area is 151 Å². The van der Waals surface area contributed by atoms with Crippen molar-refractivity contribution < 1.29 is 4.79 Å². The van der Waals surface area contributed by atoms with Crippen LogP contribution in [0.5, 0.6) is 0 Å². The van der Waals surface area contributed by atoms with Gasteiger partial charge in [0.15, 0.2) is 5.11 Å². The van der Waals surface area contributed by atoms with Crippen molar-refractivity contribution in [3.8, 4) is 0 Å². The van der Waals surface area contributed by atoms with E-state index in [4.69, 9.17) is 12.2 Å². The van der Waals surface area contributed by atoms with Gasteiger partial charge in [-0.1, -0.05) is 44.2 Å². The predicted octanol–water partition coefficient (Wildman–Crippen LogP) is 3.92. The minimum absolute atomic E-state index is 0.282. The normalized spacial score (nSPS) is 10.7. The zero-order valence-electron chi connectivity index (χ0n) is 14.1. The number of rotatable bonds is 3. The molecule has 5 nitrogen and oxygen atoms in total. The van der Waals surface area contributed by atoms with E-state index in [1.165, 1.54) is 5.56 Å². The number of hydrazine groups is 1. The van der Waals surface area contributed by atoms with E-state index < -0.39 is 0 Å². The zero-order valence-corrected chi connectivity index (χ0v) is 14.9. The molecule has 0 atom stereocenters. The van der Waals surface area contributed by atoms with Crippen LogP contribution < -0.4 is 16.2 Å². The molecule has 0 aliphatic heterocycles. The fourth-order valence-corrected chi connectivity index (χ4v) is 2.66. The summed E-state index contributed by atoms with van der Waals surface area (Å²) >= 11 is 5.21. The lowest BCUT2D eigenvalue weighted by molar-refractivity contribution is 0.0940. The van der Waals surface area contributed by atoms with Gasteiger partial charge in [-0.25, -0.2) is 0 Å². The maximum atomic E-state index is 12.2. The van der Waals surface area contributed by atoms with Crippen LogP contribution in [0, 0.1) is 0 Å². The SMILES string of the molecule is CC(C)c1ccc(NC(=S)NNC(=O)c2cc3ccccc3[nH]2)cc1. The Balaban J connectivity index is 1.55. The summed E-state index contributed by atoms with van der Waals surface area (Å²) in [5, 5.41) is 4.34. The van der Waals surface area contributed by atoms with Gasteiger partial charge in [-0.2, -0.15) is 0 Å². The van der Waals surface area contributed by atoms with Crippen LogP contribution in [-0.2, 0) is 0 Å². The maximum absolute atomic E-state index is 12.2. The molecule has 6 heteroatoms. The Hall–Kier alpha value is -2.86. The van der Waals surface area contributed by atoms with Crippen LogP contribution in [0.15, 0.2) is 54.6 Å². The first-order valence-electron chi connectivity index (χ1n) is 8.08. The number of hydrogen-bond donors (Lipinski definition) is 4. The maximum Gasteiger partial charge on any atom is 0.286 e. The molecule has 3 rings (SSSR count). The lowest BCUT2D eigenvalue weighted by Gasteiger charge is -2.12. The average Bonchev–Trinajstić information content (AvgIpc) is 3.04. The summed E-state index contributed by atoms with van der Waals surface area (Å²) in [6.07, 6.45) is 0. The third-order valence-corrected chi connectivity index (χ3v) is 4.10. The smallest absolute Gasteiger partial charge is 0.286 e. The van der Waals surface area contributed by atoms with Crippen molar-refractivity contribution in [3.63, 3.8) is 0 Å². The van der Waals surface area contributed by atoms with Crippen molar-refractivity contribution in [3.05, 3.63) is 65.9 Å². The van der Waals surface area contributed by atoms with E-state index >= 15 is 0 Å². The molecule has 0 aliphatic carbocycles. The average molecular weight is 352 g/mol. The second-order valence-electron chi connectivity index (χ2n) is 6.08. The van der Waals surface area contributed by atoms with Gasteiger partial charge in [-0.3, -0.25) is 15.6 Å². The Kier molecular flexibility index (Phi) is 5.00. The van der Waals surface area contributed by atoms with E-state index in [0.29, 0.717) is 16.7 Å². The summed E-state index contributed by atoms with van der Waals surface area (Å²) in [5.41, 5.74) is 8.81. The van der Waals surface area contributed by atoms with Crippen molar-refractivity contribution in [2.24, 2.45) is 0 Å². The van der Waals surface area contributed by atoms with E-state index in [1.54, 1.807) is 6.07 Å². The molecule has 0 saturated carbocycles. The number of carbonyl (C=O) groups is 1. The lowest BCUT2D eigenvalue weighted by Crippen LogP contribution is -2.43. The van der Waals surface area contributed by atoms with Crippen LogP contribution in [0.3, 0.4) is 0 Å². The molecule has 1 heterocycles. The van der Waals surface area contributed by atoms with Crippen LogP contribution in [0.2, 0.25) is 0 Å². The number of hydrogen-bond acceptors (Lipinski definition) is 2. The third kappa shape index (κ3) is 4.16. The molecule has 2 aromatic carbocycles. The number of para-hydroxylation sites is 1. The van der Waals surface area contributed by atoms with Crippen LogP contribution in [0.4, 0.5) is 5.69 Å². The molecule has 0 aliphatic rings. The fraction of sp³-hybridized carbons (Fsp3) is 0.158. The van der Waals surface area contributed by atoms with Gasteiger partial charge in [0.2, 0.25) is 0 Å². The number of anilines is 1. The number of thiocarbonyl (C=S) groups is 1. The summed E-state index contributed by atoms with van der Waals surface area (Å²) in [4.78, 5) is 15.3. The number of amides is 1. The van der Waals surface area contributed by atoms with Gasteiger partial charge >= 0.3 is 0 Å². The Morgan fingerprint density at radius 2 is 1.76 bits per heavy atom. The van der Waals surface area contributed by atoms with Gasteiger partial charge in [0.1, 0.15) is 5.69 Å². The number of benzene rings is 2. The molecule has 128 valence electrons. The first kappa shape index (κ1) is 17.0. The third-order valence-electron chi connectivity index (χ3n) is 3.90. The molecule has 0 unspecified atom stereocenters. The van der Waals surface area contributed by atoms with Gasteiger partial charge in [0, 0.05) is 16.6 Å². The first-order chi connectivity index (χ1) is 12.0. The highest BCUT2D eigenvalue weighted by Gasteiger charge is 2.09. The highest BCUT2D eigenvalue weighted by atomic mass is 32.1. The Morgan fingerprint density at radius 1 is 1.04 bits per heavy atom. The summed E-state index contributed by atoms with van der Waals surface area (Å²) in [7, 11) is 0. The monoisotopic (exact) mass is 352 g/mol. The molecule has 0 saturated heterocycles. The highest BCUT2D eigenvalue weighted by molar-refractivity contribution is 7.80.